The largest absolute Gasteiger partial charge is 0.395 e. The quantitative estimate of drug-likeness (QED) is 0.619. The van der Waals surface area contributed by atoms with Gasteiger partial charge in [-0.3, -0.25) is 4.90 Å². The molecule has 0 atom stereocenters. The van der Waals surface area contributed by atoms with Crippen molar-refractivity contribution in [3.63, 3.8) is 0 Å². The minimum absolute atomic E-state index is 0.0157. The summed E-state index contributed by atoms with van der Waals surface area (Å²) in [5.41, 5.74) is 6.25. The van der Waals surface area contributed by atoms with Crippen molar-refractivity contribution < 1.29 is 5.11 Å². The zero-order chi connectivity index (χ0) is 10.4. The van der Waals surface area contributed by atoms with E-state index in [1.807, 2.05) is 6.08 Å². The van der Waals surface area contributed by atoms with Crippen molar-refractivity contribution in [1.82, 2.24) is 4.90 Å². The summed E-state index contributed by atoms with van der Waals surface area (Å²) in [7, 11) is 0. The molecule has 3 nitrogen and oxygen atoms in total. The van der Waals surface area contributed by atoms with Crippen LogP contribution in [0.3, 0.4) is 0 Å². The van der Waals surface area contributed by atoms with Gasteiger partial charge in [-0.15, -0.1) is 6.58 Å². The summed E-state index contributed by atoms with van der Waals surface area (Å²) in [5.74, 6) is 0. The lowest BCUT2D eigenvalue weighted by molar-refractivity contribution is 0.176. The molecule has 0 aromatic carbocycles. The Labute approximate surface area is 86.6 Å². The van der Waals surface area contributed by atoms with Crippen molar-refractivity contribution in [2.75, 3.05) is 26.2 Å². The molecule has 1 saturated carbocycles. The second-order valence-electron chi connectivity index (χ2n) is 4.32. The maximum Gasteiger partial charge on any atom is 0.0558 e. The SMILES string of the molecule is C=CCN(CCO)CC1(N)CCCC1. The molecule has 0 radical (unpaired) electrons. The highest BCUT2D eigenvalue weighted by molar-refractivity contribution is 4.93. The molecular formula is C11H22N2O. The maximum absolute atomic E-state index is 8.90. The van der Waals surface area contributed by atoms with Crippen molar-refractivity contribution in [2.45, 2.75) is 31.2 Å². The van der Waals surface area contributed by atoms with Gasteiger partial charge in [0.15, 0.2) is 0 Å². The van der Waals surface area contributed by atoms with Gasteiger partial charge in [-0.2, -0.15) is 0 Å². The minimum atomic E-state index is -0.0157. The third kappa shape index (κ3) is 3.40. The molecule has 1 fully saturated rings. The lowest BCUT2D eigenvalue weighted by Gasteiger charge is -2.31. The fourth-order valence-corrected chi connectivity index (χ4v) is 2.24. The summed E-state index contributed by atoms with van der Waals surface area (Å²) in [5, 5.41) is 8.90. The third-order valence-electron chi connectivity index (χ3n) is 2.94. The monoisotopic (exact) mass is 198 g/mol. The Balaban J connectivity index is 2.40. The first-order valence-electron chi connectivity index (χ1n) is 5.43. The van der Waals surface area contributed by atoms with Gasteiger partial charge in [0.25, 0.3) is 0 Å². The summed E-state index contributed by atoms with van der Waals surface area (Å²) in [4.78, 5) is 2.18. The molecule has 82 valence electrons. The number of rotatable bonds is 6. The average molecular weight is 198 g/mol. The van der Waals surface area contributed by atoms with E-state index >= 15 is 0 Å². The molecule has 0 saturated heterocycles. The maximum atomic E-state index is 8.90. The lowest BCUT2D eigenvalue weighted by atomic mass is 9.98. The van der Waals surface area contributed by atoms with Gasteiger partial charge >= 0.3 is 0 Å². The van der Waals surface area contributed by atoms with Crippen LogP contribution in [-0.2, 0) is 0 Å². The average Bonchev–Trinajstić information content (AvgIpc) is 2.53. The molecule has 1 aliphatic rings. The molecule has 0 aromatic rings. The van der Waals surface area contributed by atoms with Crippen LogP contribution < -0.4 is 5.73 Å². The van der Waals surface area contributed by atoms with Crippen molar-refractivity contribution in [1.29, 1.82) is 0 Å². The molecule has 0 heterocycles. The van der Waals surface area contributed by atoms with E-state index in [1.54, 1.807) is 0 Å². The summed E-state index contributed by atoms with van der Waals surface area (Å²) in [6.45, 7) is 6.32. The first-order chi connectivity index (χ1) is 6.70. The number of nitrogens with two attached hydrogens (primary N) is 1. The number of hydrogen-bond donors (Lipinski definition) is 2. The van der Waals surface area contributed by atoms with Gasteiger partial charge < -0.3 is 10.8 Å². The summed E-state index contributed by atoms with van der Waals surface area (Å²) >= 11 is 0. The standard InChI is InChI=1S/C11H22N2O/c1-2-7-13(8-9-14)10-11(12)5-3-4-6-11/h2,14H,1,3-10,12H2. The van der Waals surface area contributed by atoms with Gasteiger partial charge in [0.05, 0.1) is 6.61 Å². The van der Waals surface area contributed by atoms with Crippen molar-refractivity contribution in [2.24, 2.45) is 5.73 Å². The number of hydrogen-bond acceptors (Lipinski definition) is 3. The van der Waals surface area contributed by atoms with E-state index < -0.39 is 0 Å². The van der Waals surface area contributed by atoms with Crippen molar-refractivity contribution >= 4 is 0 Å². The minimum Gasteiger partial charge on any atom is -0.395 e. The van der Waals surface area contributed by atoms with Crippen LogP contribution in [0.1, 0.15) is 25.7 Å². The van der Waals surface area contributed by atoms with E-state index in [2.05, 4.69) is 11.5 Å². The van der Waals surface area contributed by atoms with Crippen LogP contribution in [-0.4, -0.2) is 41.8 Å². The molecule has 0 aromatic heterocycles. The van der Waals surface area contributed by atoms with Gasteiger partial charge in [-0.1, -0.05) is 18.9 Å². The highest BCUT2D eigenvalue weighted by Gasteiger charge is 2.30. The van der Waals surface area contributed by atoms with Crippen LogP contribution in [0.25, 0.3) is 0 Å². The predicted molar refractivity (Wildman–Crippen MR) is 59.1 cm³/mol. The Bertz CT molecular complexity index is 176. The molecule has 0 unspecified atom stereocenters. The smallest absolute Gasteiger partial charge is 0.0558 e. The molecule has 1 rings (SSSR count). The summed E-state index contributed by atoms with van der Waals surface area (Å²) in [6, 6.07) is 0. The van der Waals surface area contributed by atoms with Crippen LogP contribution in [0.2, 0.25) is 0 Å². The number of aliphatic hydroxyl groups excluding tert-OH is 1. The van der Waals surface area contributed by atoms with Gasteiger partial charge in [-0.05, 0) is 12.8 Å². The fourth-order valence-electron chi connectivity index (χ4n) is 2.24. The molecule has 0 aliphatic heterocycles. The summed E-state index contributed by atoms with van der Waals surface area (Å²) in [6.07, 6.45) is 6.60. The highest BCUT2D eigenvalue weighted by atomic mass is 16.3. The molecule has 14 heavy (non-hydrogen) atoms. The molecule has 3 heteroatoms. The van der Waals surface area contributed by atoms with Crippen molar-refractivity contribution in [3.8, 4) is 0 Å². The van der Waals surface area contributed by atoms with E-state index in [4.69, 9.17) is 10.8 Å². The van der Waals surface area contributed by atoms with E-state index in [9.17, 15) is 0 Å². The third-order valence-corrected chi connectivity index (χ3v) is 2.94. The van der Waals surface area contributed by atoms with Crippen molar-refractivity contribution in [3.05, 3.63) is 12.7 Å². The zero-order valence-electron chi connectivity index (χ0n) is 8.91. The van der Waals surface area contributed by atoms with Crippen LogP contribution >= 0.6 is 0 Å². The van der Waals surface area contributed by atoms with E-state index in [0.717, 1.165) is 25.9 Å². The lowest BCUT2D eigenvalue weighted by Crippen LogP contribution is -2.48. The summed E-state index contributed by atoms with van der Waals surface area (Å²) < 4.78 is 0. The molecule has 0 spiro atoms. The molecular weight excluding hydrogens is 176 g/mol. The first-order valence-corrected chi connectivity index (χ1v) is 5.43. The molecule has 1 aliphatic carbocycles. The Morgan fingerprint density at radius 3 is 2.57 bits per heavy atom. The van der Waals surface area contributed by atoms with E-state index in [1.165, 1.54) is 12.8 Å². The van der Waals surface area contributed by atoms with Crippen LogP contribution in [0.15, 0.2) is 12.7 Å². The zero-order valence-corrected chi connectivity index (χ0v) is 8.91. The van der Waals surface area contributed by atoms with E-state index in [0.29, 0.717) is 6.54 Å². The second kappa shape index (κ2) is 5.49. The first kappa shape index (κ1) is 11.7. The predicted octanol–water partition coefficient (Wildman–Crippen LogP) is 0.738. The van der Waals surface area contributed by atoms with Crippen LogP contribution in [0, 0.1) is 0 Å². The Kier molecular flexibility index (Phi) is 4.58. The van der Waals surface area contributed by atoms with Crippen LogP contribution in [0.4, 0.5) is 0 Å². The number of nitrogens with zero attached hydrogens (tertiary/aromatic N) is 1. The van der Waals surface area contributed by atoms with Gasteiger partial charge in [0.1, 0.15) is 0 Å². The Morgan fingerprint density at radius 2 is 2.07 bits per heavy atom. The molecule has 0 amide bonds. The normalized spacial score (nSPS) is 20.2. The fraction of sp³-hybridized carbons (Fsp3) is 0.818. The Hall–Kier alpha value is -0.380. The second-order valence-corrected chi connectivity index (χ2v) is 4.32. The van der Waals surface area contributed by atoms with Gasteiger partial charge in [0, 0.05) is 25.2 Å². The van der Waals surface area contributed by atoms with Gasteiger partial charge in [-0.25, -0.2) is 0 Å². The molecule has 0 bridgehead atoms. The highest BCUT2D eigenvalue weighted by Crippen LogP contribution is 2.27. The van der Waals surface area contributed by atoms with Crippen LogP contribution in [0.5, 0.6) is 0 Å². The van der Waals surface area contributed by atoms with E-state index in [-0.39, 0.29) is 12.1 Å². The topological polar surface area (TPSA) is 49.5 Å². The molecule has 3 N–H and O–H groups in total. The Morgan fingerprint density at radius 1 is 1.43 bits per heavy atom. The van der Waals surface area contributed by atoms with Gasteiger partial charge in [0.2, 0.25) is 0 Å². The number of aliphatic hydroxyl groups is 1.